The molecule has 1 fully saturated rings. The van der Waals surface area contributed by atoms with Crippen LogP contribution in [0.3, 0.4) is 0 Å². The molecule has 6 nitrogen and oxygen atoms in total. The first-order valence-corrected chi connectivity index (χ1v) is 12.7. The summed E-state index contributed by atoms with van der Waals surface area (Å²) in [6, 6.07) is 8.58. The summed E-state index contributed by atoms with van der Waals surface area (Å²) in [5.74, 6) is 0.546. The van der Waals surface area contributed by atoms with Crippen LogP contribution in [0.1, 0.15) is 69.4 Å². The highest BCUT2D eigenvalue weighted by Gasteiger charge is 2.33. The number of benzene rings is 1. The van der Waals surface area contributed by atoms with Gasteiger partial charge in [0.1, 0.15) is 11.6 Å². The van der Waals surface area contributed by atoms with E-state index in [1.54, 1.807) is 23.0 Å². The highest BCUT2D eigenvalue weighted by atomic mass is 35.5. The van der Waals surface area contributed by atoms with Crippen molar-refractivity contribution in [1.82, 2.24) is 24.6 Å². The third kappa shape index (κ3) is 4.11. The quantitative estimate of drug-likeness (QED) is 0.426. The van der Waals surface area contributed by atoms with E-state index in [1.807, 2.05) is 13.0 Å². The number of aromatic nitrogens is 4. The minimum atomic E-state index is -0.237. The van der Waals surface area contributed by atoms with Gasteiger partial charge in [0.25, 0.3) is 0 Å². The van der Waals surface area contributed by atoms with Gasteiger partial charge in [-0.3, -0.25) is 4.90 Å². The number of hydrogen-bond donors (Lipinski definition) is 0. The predicted octanol–water partition coefficient (Wildman–Crippen LogP) is 6.28. The normalized spacial score (nSPS) is 24.2. The maximum Gasteiger partial charge on any atom is 0.190 e. The maximum atomic E-state index is 9.65. The summed E-state index contributed by atoms with van der Waals surface area (Å²) in [7, 11) is 0. The fourth-order valence-electron chi connectivity index (χ4n) is 5.56. The molecular weight excluding hydrogens is 467 g/mol. The Morgan fingerprint density at radius 1 is 1.24 bits per heavy atom. The number of rotatable bonds is 4. The van der Waals surface area contributed by atoms with Crippen LogP contribution < -0.4 is 0 Å². The Labute approximate surface area is 210 Å². The highest BCUT2D eigenvalue weighted by molar-refractivity contribution is 6.35. The Morgan fingerprint density at radius 3 is 2.74 bits per heavy atom. The fraction of sp³-hybridized carbons (Fsp3) is 0.462. The van der Waals surface area contributed by atoms with Crippen molar-refractivity contribution in [2.45, 2.75) is 64.6 Å². The maximum absolute atomic E-state index is 9.65. The third-order valence-electron chi connectivity index (χ3n) is 7.45. The van der Waals surface area contributed by atoms with Crippen LogP contribution >= 0.6 is 23.2 Å². The van der Waals surface area contributed by atoms with Gasteiger partial charge in [-0.15, -0.1) is 0 Å². The van der Waals surface area contributed by atoms with Crippen molar-refractivity contribution in [3.63, 3.8) is 0 Å². The van der Waals surface area contributed by atoms with Gasteiger partial charge in [0.15, 0.2) is 11.3 Å². The van der Waals surface area contributed by atoms with Crippen LogP contribution in [0.5, 0.6) is 0 Å². The van der Waals surface area contributed by atoms with E-state index in [-0.39, 0.29) is 11.7 Å². The summed E-state index contributed by atoms with van der Waals surface area (Å²) < 4.78 is 1.75. The summed E-state index contributed by atoms with van der Waals surface area (Å²) >= 11 is 12.6. The van der Waals surface area contributed by atoms with Crippen molar-refractivity contribution < 1.29 is 0 Å². The Hall–Kier alpha value is -2.46. The van der Waals surface area contributed by atoms with E-state index in [1.165, 1.54) is 25.0 Å². The van der Waals surface area contributed by atoms with Crippen LogP contribution in [-0.4, -0.2) is 43.3 Å². The second kappa shape index (κ2) is 9.30. The summed E-state index contributed by atoms with van der Waals surface area (Å²) in [5, 5.41) is 15.3. The van der Waals surface area contributed by atoms with E-state index >= 15 is 0 Å². The molecule has 0 saturated carbocycles. The van der Waals surface area contributed by atoms with Gasteiger partial charge in [0.05, 0.1) is 17.9 Å². The average Bonchev–Trinajstić information content (AvgIpc) is 3.41. The van der Waals surface area contributed by atoms with Gasteiger partial charge < -0.3 is 0 Å². The fourth-order valence-corrected chi connectivity index (χ4v) is 6.13. The molecule has 0 amide bonds. The number of halogens is 2. The third-order valence-corrected chi connectivity index (χ3v) is 8.01. The van der Waals surface area contributed by atoms with E-state index in [0.29, 0.717) is 39.2 Å². The van der Waals surface area contributed by atoms with Gasteiger partial charge >= 0.3 is 0 Å². The molecule has 1 aliphatic carbocycles. The molecule has 4 atom stereocenters. The van der Waals surface area contributed by atoms with Crippen LogP contribution in [0, 0.1) is 17.2 Å². The number of nitriles is 1. The van der Waals surface area contributed by atoms with Gasteiger partial charge in [-0.1, -0.05) is 42.3 Å². The first-order valence-electron chi connectivity index (χ1n) is 11.9. The van der Waals surface area contributed by atoms with Crippen molar-refractivity contribution in [2.24, 2.45) is 5.92 Å². The summed E-state index contributed by atoms with van der Waals surface area (Å²) in [5.41, 5.74) is 4.30. The molecule has 5 rings (SSSR count). The molecule has 8 heteroatoms. The molecular formula is C26H28Cl2N6. The molecule has 0 bridgehead atoms. The molecule has 0 radical (unpaired) electrons. The standard InChI is InChI=1S/C26H28Cl2N6/c1-15-11-18(6-9-24(15)33-10-4-5-16(33)2)23-14-30-25-22(13-29)32-34(26(25)31-23)17(3)20-8-7-19(27)12-21(20)28/h6-8,12,14-17,24H,4-5,9-11H2,1-3H3/t15-,16-,17-,24?/m1/s1. The summed E-state index contributed by atoms with van der Waals surface area (Å²) in [4.78, 5) is 12.3. The molecule has 3 aromatic rings. The van der Waals surface area contributed by atoms with E-state index in [4.69, 9.17) is 28.2 Å². The lowest BCUT2D eigenvalue weighted by Crippen LogP contribution is -2.42. The van der Waals surface area contributed by atoms with Gasteiger partial charge in [0, 0.05) is 22.1 Å². The largest absolute Gasteiger partial charge is 0.297 e. The van der Waals surface area contributed by atoms with Gasteiger partial charge in [-0.2, -0.15) is 10.4 Å². The molecule has 176 valence electrons. The monoisotopic (exact) mass is 494 g/mol. The van der Waals surface area contributed by atoms with Gasteiger partial charge in [-0.05, 0) is 75.3 Å². The van der Waals surface area contributed by atoms with Gasteiger partial charge in [-0.25, -0.2) is 14.6 Å². The van der Waals surface area contributed by atoms with Crippen LogP contribution in [-0.2, 0) is 0 Å². The van der Waals surface area contributed by atoms with Crippen molar-refractivity contribution in [1.29, 1.82) is 5.26 Å². The number of allylic oxidation sites excluding steroid dienone is 1. The zero-order valence-corrected chi connectivity index (χ0v) is 21.2. The Balaban J connectivity index is 1.51. The zero-order valence-electron chi connectivity index (χ0n) is 19.7. The molecule has 3 heterocycles. The lowest BCUT2D eigenvalue weighted by Gasteiger charge is -2.38. The smallest absolute Gasteiger partial charge is 0.190 e. The van der Waals surface area contributed by atoms with Crippen LogP contribution in [0.15, 0.2) is 30.5 Å². The number of hydrogen-bond acceptors (Lipinski definition) is 5. The lowest BCUT2D eigenvalue weighted by atomic mass is 9.83. The minimum Gasteiger partial charge on any atom is -0.297 e. The topological polar surface area (TPSA) is 70.6 Å². The molecule has 1 unspecified atom stereocenters. The minimum absolute atomic E-state index is 0.237. The molecule has 0 N–H and O–H groups in total. The van der Waals surface area contributed by atoms with Crippen LogP contribution in [0.4, 0.5) is 0 Å². The number of likely N-dealkylation sites (tertiary alicyclic amines) is 1. The molecule has 1 aliphatic heterocycles. The van der Waals surface area contributed by atoms with Crippen LogP contribution in [0.25, 0.3) is 16.7 Å². The number of nitrogens with zero attached hydrogens (tertiary/aromatic N) is 6. The molecule has 0 spiro atoms. The van der Waals surface area contributed by atoms with E-state index < -0.39 is 0 Å². The molecule has 2 aromatic heterocycles. The van der Waals surface area contributed by atoms with Crippen molar-refractivity contribution >= 4 is 39.9 Å². The summed E-state index contributed by atoms with van der Waals surface area (Å²) in [6.45, 7) is 7.88. The van der Waals surface area contributed by atoms with E-state index in [2.05, 4.69) is 41.0 Å². The number of fused-ring (bicyclic) bond motifs is 1. The van der Waals surface area contributed by atoms with Crippen molar-refractivity contribution in [2.75, 3.05) is 6.54 Å². The lowest BCUT2D eigenvalue weighted by molar-refractivity contribution is 0.140. The highest BCUT2D eigenvalue weighted by Crippen LogP contribution is 2.36. The average molecular weight is 495 g/mol. The Kier molecular flexibility index (Phi) is 6.37. The van der Waals surface area contributed by atoms with E-state index in [9.17, 15) is 5.26 Å². The van der Waals surface area contributed by atoms with Crippen molar-refractivity contribution in [3.8, 4) is 6.07 Å². The predicted molar refractivity (Wildman–Crippen MR) is 136 cm³/mol. The molecule has 34 heavy (non-hydrogen) atoms. The molecule has 1 aromatic carbocycles. The molecule has 2 aliphatic rings. The zero-order chi connectivity index (χ0) is 24.0. The second-order valence-corrected chi connectivity index (χ2v) is 10.5. The Bertz CT molecular complexity index is 1310. The molecule has 1 saturated heterocycles. The Morgan fingerprint density at radius 2 is 2.06 bits per heavy atom. The first-order chi connectivity index (χ1) is 16.4. The van der Waals surface area contributed by atoms with Crippen molar-refractivity contribution in [3.05, 3.63) is 57.5 Å². The summed E-state index contributed by atoms with van der Waals surface area (Å²) in [6.07, 6.45) is 8.70. The second-order valence-electron chi connectivity index (χ2n) is 9.62. The van der Waals surface area contributed by atoms with Gasteiger partial charge in [0.2, 0.25) is 0 Å². The SMILES string of the molecule is C[C@@H]1CC(c2cnc3c(C#N)nn([C@H](C)c4ccc(Cl)cc4Cl)c3n2)=CCC1N1CCC[C@H]1C. The van der Waals surface area contributed by atoms with E-state index in [0.717, 1.165) is 24.1 Å². The van der Waals surface area contributed by atoms with Crippen LogP contribution in [0.2, 0.25) is 10.0 Å². The first kappa shape index (κ1) is 23.3.